The van der Waals surface area contributed by atoms with Gasteiger partial charge in [0.2, 0.25) is 11.8 Å². The summed E-state index contributed by atoms with van der Waals surface area (Å²) in [7, 11) is 1.44. The van der Waals surface area contributed by atoms with E-state index in [9.17, 15) is 22.8 Å². The lowest BCUT2D eigenvalue weighted by atomic mass is 10.1. The molecule has 0 unspecified atom stereocenters. The maximum absolute atomic E-state index is 13.0. The van der Waals surface area contributed by atoms with Gasteiger partial charge in [0.15, 0.2) is 0 Å². The zero-order valence-corrected chi connectivity index (χ0v) is 15.0. The number of fused-ring (bicyclic) bond motifs is 1. The second kappa shape index (κ2) is 7.75. The summed E-state index contributed by atoms with van der Waals surface area (Å²) in [6, 6.07) is 12.2. The van der Waals surface area contributed by atoms with Crippen molar-refractivity contribution in [2.24, 2.45) is 0 Å². The summed E-state index contributed by atoms with van der Waals surface area (Å²) in [5.41, 5.74) is 0.415. The van der Waals surface area contributed by atoms with Gasteiger partial charge in [0, 0.05) is 24.1 Å². The van der Waals surface area contributed by atoms with Crippen molar-refractivity contribution in [2.75, 3.05) is 18.9 Å². The molecule has 0 saturated carbocycles. The molecule has 0 atom stereocenters. The van der Waals surface area contributed by atoms with Gasteiger partial charge in [-0.25, -0.2) is 0 Å². The minimum absolute atomic E-state index is 0.0763. The molecule has 3 rings (SSSR count). The average Bonchev–Trinajstić information content (AvgIpc) is 3.04. The number of anilines is 1. The predicted octanol–water partition coefficient (Wildman–Crippen LogP) is 3.83. The first-order chi connectivity index (χ1) is 13.3. The second-order valence-corrected chi connectivity index (χ2v) is 6.38. The van der Waals surface area contributed by atoms with Crippen LogP contribution >= 0.6 is 0 Å². The minimum Gasteiger partial charge on any atom is -0.361 e. The Morgan fingerprint density at radius 3 is 2.50 bits per heavy atom. The zero-order chi connectivity index (χ0) is 20.3. The first-order valence-corrected chi connectivity index (χ1v) is 8.50. The topological polar surface area (TPSA) is 65.2 Å². The highest BCUT2D eigenvalue weighted by atomic mass is 19.4. The molecule has 0 aliphatic rings. The summed E-state index contributed by atoms with van der Waals surface area (Å²) < 4.78 is 39.0. The summed E-state index contributed by atoms with van der Waals surface area (Å²) in [6.07, 6.45) is -2.77. The normalized spacial score (nSPS) is 11.4. The molecule has 3 aromatic rings. The lowest BCUT2D eigenvalue weighted by Gasteiger charge is -2.18. The number of hydrogen-bond donors (Lipinski definition) is 2. The summed E-state index contributed by atoms with van der Waals surface area (Å²) in [5, 5.41) is 3.14. The van der Waals surface area contributed by atoms with E-state index in [1.807, 2.05) is 24.3 Å². The first kappa shape index (κ1) is 19.5. The van der Waals surface area contributed by atoms with E-state index < -0.39 is 17.6 Å². The molecule has 0 spiro atoms. The Morgan fingerprint density at radius 1 is 1.07 bits per heavy atom. The van der Waals surface area contributed by atoms with Crippen molar-refractivity contribution in [1.29, 1.82) is 0 Å². The molecule has 0 bridgehead atoms. The number of benzene rings is 2. The number of halogens is 3. The van der Waals surface area contributed by atoms with Crippen molar-refractivity contribution in [2.45, 2.75) is 12.6 Å². The van der Waals surface area contributed by atoms with Crippen LogP contribution in [0, 0.1) is 0 Å². The summed E-state index contributed by atoms with van der Waals surface area (Å²) in [4.78, 5) is 28.8. The molecular weight excluding hydrogens is 371 g/mol. The molecule has 1 aromatic heterocycles. The first-order valence-electron chi connectivity index (χ1n) is 8.50. The van der Waals surface area contributed by atoms with Gasteiger partial charge in [-0.3, -0.25) is 9.59 Å². The van der Waals surface area contributed by atoms with Crippen molar-refractivity contribution in [3.05, 3.63) is 65.9 Å². The van der Waals surface area contributed by atoms with Gasteiger partial charge in [-0.15, -0.1) is 0 Å². The molecule has 2 aromatic carbocycles. The molecule has 2 amide bonds. The van der Waals surface area contributed by atoms with E-state index in [2.05, 4.69) is 10.3 Å². The van der Waals surface area contributed by atoms with Crippen molar-refractivity contribution in [3.63, 3.8) is 0 Å². The number of aromatic amines is 1. The molecule has 0 fully saturated rings. The van der Waals surface area contributed by atoms with Crippen LogP contribution in [0.4, 0.5) is 18.9 Å². The number of nitrogens with zero attached hydrogens (tertiary/aromatic N) is 1. The Kier molecular flexibility index (Phi) is 5.39. The van der Waals surface area contributed by atoms with Crippen LogP contribution in [0.25, 0.3) is 10.9 Å². The number of likely N-dealkylation sites (N-methyl/N-ethyl adjacent to an activating group) is 1. The van der Waals surface area contributed by atoms with Crippen molar-refractivity contribution < 1.29 is 22.8 Å². The third-order valence-corrected chi connectivity index (χ3v) is 4.33. The predicted molar refractivity (Wildman–Crippen MR) is 99.7 cm³/mol. The number of para-hydroxylation sites is 2. The average molecular weight is 389 g/mol. The van der Waals surface area contributed by atoms with Gasteiger partial charge in [0.1, 0.15) is 0 Å². The number of aromatic nitrogens is 1. The van der Waals surface area contributed by atoms with Gasteiger partial charge >= 0.3 is 6.18 Å². The fourth-order valence-corrected chi connectivity index (χ4v) is 2.91. The molecule has 1 heterocycles. The summed E-state index contributed by atoms with van der Waals surface area (Å²) >= 11 is 0. The second-order valence-electron chi connectivity index (χ2n) is 6.38. The van der Waals surface area contributed by atoms with E-state index in [1.54, 1.807) is 6.20 Å². The smallest absolute Gasteiger partial charge is 0.361 e. The van der Waals surface area contributed by atoms with Gasteiger partial charge in [-0.2, -0.15) is 13.2 Å². The van der Waals surface area contributed by atoms with Gasteiger partial charge in [0.05, 0.1) is 24.2 Å². The van der Waals surface area contributed by atoms with Crippen LogP contribution in [0.5, 0.6) is 0 Å². The highest BCUT2D eigenvalue weighted by Crippen LogP contribution is 2.34. The number of rotatable bonds is 5. The van der Waals surface area contributed by atoms with Gasteiger partial charge in [0.25, 0.3) is 0 Å². The van der Waals surface area contributed by atoms with Crippen LogP contribution in [-0.2, 0) is 22.2 Å². The maximum atomic E-state index is 13.0. The molecular formula is C20H18F3N3O2. The van der Waals surface area contributed by atoms with Crippen LogP contribution in [0.3, 0.4) is 0 Å². The number of carbonyl (C=O) groups excluding carboxylic acids is 2. The standard InChI is InChI=1S/C20H18F3N3O2/c1-26(19(28)10-13-11-24-16-8-4-2-6-14(13)16)12-18(27)25-17-9-5-3-7-15(17)20(21,22)23/h2-9,11,24H,10,12H2,1H3,(H,25,27). The minimum atomic E-state index is -4.58. The van der Waals surface area contributed by atoms with E-state index in [1.165, 1.54) is 30.1 Å². The lowest BCUT2D eigenvalue weighted by molar-refractivity contribution is -0.137. The van der Waals surface area contributed by atoms with E-state index >= 15 is 0 Å². The Morgan fingerprint density at radius 2 is 1.75 bits per heavy atom. The van der Waals surface area contributed by atoms with Crippen molar-refractivity contribution >= 4 is 28.4 Å². The SMILES string of the molecule is CN(CC(=O)Nc1ccccc1C(F)(F)F)C(=O)Cc1c[nH]c2ccccc12. The summed E-state index contributed by atoms with van der Waals surface area (Å²) in [6.45, 7) is -0.354. The molecule has 0 saturated heterocycles. The van der Waals surface area contributed by atoms with Gasteiger partial charge < -0.3 is 15.2 Å². The number of carbonyl (C=O) groups is 2. The van der Waals surface area contributed by atoms with Crippen LogP contribution in [0.2, 0.25) is 0 Å². The Bertz CT molecular complexity index is 1010. The molecule has 0 radical (unpaired) electrons. The zero-order valence-electron chi connectivity index (χ0n) is 15.0. The highest BCUT2D eigenvalue weighted by molar-refractivity contribution is 5.96. The molecule has 0 aliphatic heterocycles. The summed E-state index contributed by atoms with van der Waals surface area (Å²) in [5.74, 6) is -1.02. The molecule has 2 N–H and O–H groups in total. The fourth-order valence-electron chi connectivity index (χ4n) is 2.91. The molecule has 146 valence electrons. The van der Waals surface area contributed by atoms with Crippen molar-refractivity contribution in [3.8, 4) is 0 Å². The number of amides is 2. The largest absolute Gasteiger partial charge is 0.418 e. The molecule has 5 nitrogen and oxygen atoms in total. The fraction of sp³-hybridized carbons (Fsp3) is 0.200. The third-order valence-electron chi connectivity index (χ3n) is 4.33. The molecule has 0 aliphatic carbocycles. The van der Waals surface area contributed by atoms with Crippen LogP contribution in [-0.4, -0.2) is 35.3 Å². The van der Waals surface area contributed by atoms with E-state index in [4.69, 9.17) is 0 Å². The molecule has 8 heteroatoms. The highest BCUT2D eigenvalue weighted by Gasteiger charge is 2.33. The van der Waals surface area contributed by atoms with Crippen LogP contribution < -0.4 is 5.32 Å². The maximum Gasteiger partial charge on any atom is 0.418 e. The number of alkyl halides is 3. The number of H-pyrrole nitrogens is 1. The van der Waals surface area contributed by atoms with Gasteiger partial charge in [-0.05, 0) is 23.8 Å². The number of nitrogens with one attached hydrogen (secondary N) is 2. The Balaban J connectivity index is 1.64. The number of hydrogen-bond acceptors (Lipinski definition) is 2. The van der Waals surface area contributed by atoms with Gasteiger partial charge in [-0.1, -0.05) is 30.3 Å². The van der Waals surface area contributed by atoms with E-state index in [-0.39, 0.29) is 24.6 Å². The quantitative estimate of drug-likeness (QED) is 0.697. The van der Waals surface area contributed by atoms with E-state index in [0.29, 0.717) is 0 Å². The Hall–Kier alpha value is -3.29. The van der Waals surface area contributed by atoms with E-state index in [0.717, 1.165) is 22.5 Å². The van der Waals surface area contributed by atoms with Crippen LogP contribution in [0.15, 0.2) is 54.7 Å². The lowest BCUT2D eigenvalue weighted by Crippen LogP contribution is -2.36. The third kappa shape index (κ3) is 4.33. The molecule has 28 heavy (non-hydrogen) atoms. The monoisotopic (exact) mass is 389 g/mol. The van der Waals surface area contributed by atoms with Crippen molar-refractivity contribution in [1.82, 2.24) is 9.88 Å². The van der Waals surface area contributed by atoms with Crippen LogP contribution in [0.1, 0.15) is 11.1 Å². The Labute approximate surface area is 159 Å².